The van der Waals surface area contributed by atoms with Crippen molar-refractivity contribution in [3.8, 4) is 0 Å². The average molecular weight is 417 g/mol. The second-order valence-corrected chi connectivity index (χ2v) is 5.87. The van der Waals surface area contributed by atoms with E-state index in [1.165, 1.54) is 5.56 Å². The molecular weight excluding hydrogens is 399 g/mol. The first-order chi connectivity index (χ1) is 12.0. The van der Waals surface area contributed by atoms with Crippen molar-refractivity contribution in [2.45, 2.75) is 20.8 Å². The van der Waals surface area contributed by atoms with Crippen LogP contribution in [0.3, 0.4) is 0 Å². The van der Waals surface area contributed by atoms with Gasteiger partial charge in [0.25, 0.3) is 0 Å². The Kier molecular flexibility index (Phi) is 6.85. The van der Waals surface area contributed by atoms with E-state index in [2.05, 4.69) is 64.4 Å². The number of hydrogen-bond acceptors (Lipinski definition) is 4. The summed E-state index contributed by atoms with van der Waals surface area (Å²) < 4.78 is 0. The van der Waals surface area contributed by atoms with Crippen molar-refractivity contribution >= 4 is 28.8 Å². The van der Waals surface area contributed by atoms with E-state index in [9.17, 15) is 0 Å². The van der Waals surface area contributed by atoms with Crippen LogP contribution in [0.5, 0.6) is 0 Å². The normalized spacial score (nSPS) is 9.77. The van der Waals surface area contributed by atoms with Crippen LogP contribution in [0.4, 0.5) is 28.8 Å². The van der Waals surface area contributed by atoms with Gasteiger partial charge < -0.3 is 16.7 Å². The van der Waals surface area contributed by atoms with E-state index in [1.54, 1.807) is 18.3 Å². The number of rotatable bonds is 4. The minimum Gasteiger partial charge on any atom is -0.408 e. The van der Waals surface area contributed by atoms with Gasteiger partial charge in [-0.25, -0.2) is 9.83 Å². The third-order valence-corrected chi connectivity index (χ3v) is 3.78. The minimum atomic E-state index is 0. The maximum absolute atomic E-state index is 6.99. The van der Waals surface area contributed by atoms with E-state index in [-0.39, 0.29) is 32.7 Å². The average Bonchev–Trinajstić information content (AvgIpc) is 2.59. The number of hydrogen-bond donors (Lipinski definition) is 2. The van der Waals surface area contributed by atoms with Gasteiger partial charge in [-0.15, -0.1) is 6.20 Å². The Hall–Kier alpha value is -2.29. The Balaban J connectivity index is 0.00000243. The third kappa shape index (κ3) is 4.88. The molecule has 1 aromatic heterocycles. The van der Waals surface area contributed by atoms with Gasteiger partial charge in [0.15, 0.2) is 5.69 Å². The summed E-state index contributed by atoms with van der Waals surface area (Å²) in [5, 5.41) is 6.46. The first-order valence-electron chi connectivity index (χ1n) is 7.89. The summed E-state index contributed by atoms with van der Waals surface area (Å²) in [4.78, 5) is 12.1. The molecule has 1 radical (unpaired) electrons. The van der Waals surface area contributed by atoms with Gasteiger partial charge in [-0.1, -0.05) is 29.8 Å². The van der Waals surface area contributed by atoms with E-state index in [0.29, 0.717) is 17.5 Å². The molecule has 0 aliphatic carbocycles. The smallest absolute Gasteiger partial charge is 0.223 e. The summed E-state index contributed by atoms with van der Waals surface area (Å²) >= 11 is 0. The number of nitrogens with zero attached hydrogens (tertiary/aromatic N) is 3. The van der Waals surface area contributed by atoms with Crippen LogP contribution in [0.25, 0.3) is 4.85 Å². The first kappa shape index (κ1) is 20.0. The Morgan fingerprint density at radius 2 is 1.65 bits per heavy atom. The molecular formula is C20H18N5Y-. The van der Waals surface area contributed by atoms with Crippen LogP contribution < -0.4 is 10.6 Å². The zero-order chi connectivity index (χ0) is 17.8. The SMILES string of the molecule is [C-]#[N+]c1ccc(Nc2[c-]cnc(Nc3c(C)cc(C)cc3C)n2)cc1.[Y]. The fraction of sp³-hybridized carbons (Fsp3) is 0.150. The molecule has 0 aliphatic heterocycles. The van der Waals surface area contributed by atoms with Crippen LogP contribution in [0.1, 0.15) is 16.7 Å². The third-order valence-electron chi connectivity index (χ3n) is 3.78. The molecule has 127 valence electrons. The molecule has 6 heteroatoms. The van der Waals surface area contributed by atoms with Gasteiger partial charge in [0.2, 0.25) is 5.95 Å². The van der Waals surface area contributed by atoms with E-state index in [1.807, 2.05) is 12.1 Å². The minimum absolute atomic E-state index is 0. The molecule has 3 aromatic rings. The molecule has 2 aromatic carbocycles. The number of aromatic nitrogens is 2. The Labute approximate surface area is 179 Å². The van der Waals surface area contributed by atoms with Crippen LogP contribution in [0, 0.1) is 33.4 Å². The summed E-state index contributed by atoms with van der Waals surface area (Å²) in [6.07, 6.45) is 1.59. The molecule has 1 heterocycles. The van der Waals surface area contributed by atoms with Gasteiger partial charge in [0.05, 0.1) is 6.57 Å². The quantitative estimate of drug-likeness (QED) is 0.571. The second kappa shape index (κ2) is 8.89. The second-order valence-electron chi connectivity index (χ2n) is 5.87. The molecule has 0 aliphatic rings. The number of anilines is 4. The van der Waals surface area contributed by atoms with E-state index in [4.69, 9.17) is 6.57 Å². The standard InChI is InChI=1S/C20H18N5.Y/c1-13-11-14(2)19(15(3)12-13)25-20-22-10-9-18(24-20)23-17-7-5-16(21-4)6-8-17;/h5-8,10-12H,1-3H3,(H2,22,23,24,25);/q-1;. The van der Waals surface area contributed by atoms with Crippen molar-refractivity contribution in [2.75, 3.05) is 10.6 Å². The van der Waals surface area contributed by atoms with Crippen molar-refractivity contribution < 1.29 is 32.7 Å². The van der Waals surface area contributed by atoms with Crippen molar-refractivity contribution in [1.82, 2.24) is 9.97 Å². The molecule has 3 rings (SSSR count). The Bertz CT molecular complexity index is 922. The van der Waals surface area contributed by atoms with Crippen molar-refractivity contribution in [3.05, 3.63) is 76.8 Å². The van der Waals surface area contributed by atoms with Crippen LogP contribution in [-0.4, -0.2) is 9.97 Å². The van der Waals surface area contributed by atoms with Gasteiger partial charge in [-0.05, 0) is 49.8 Å². The Morgan fingerprint density at radius 3 is 2.27 bits per heavy atom. The Morgan fingerprint density at radius 1 is 1.00 bits per heavy atom. The van der Waals surface area contributed by atoms with Gasteiger partial charge >= 0.3 is 0 Å². The molecule has 0 unspecified atom stereocenters. The zero-order valence-corrected chi connectivity index (χ0v) is 17.8. The molecule has 0 amide bonds. The fourth-order valence-electron chi connectivity index (χ4n) is 2.69. The fourth-order valence-corrected chi connectivity index (χ4v) is 2.69. The van der Waals surface area contributed by atoms with Gasteiger partial charge in [-0.3, -0.25) is 4.98 Å². The summed E-state index contributed by atoms with van der Waals surface area (Å²) in [6.45, 7) is 13.2. The number of nitrogens with one attached hydrogen (secondary N) is 2. The summed E-state index contributed by atoms with van der Waals surface area (Å²) in [6, 6.07) is 14.4. The first-order valence-corrected chi connectivity index (χ1v) is 7.89. The van der Waals surface area contributed by atoms with Crippen LogP contribution in [0.15, 0.2) is 42.6 Å². The zero-order valence-electron chi connectivity index (χ0n) is 15.0. The predicted octanol–water partition coefficient (Wildman–Crippen LogP) is 5.24. The van der Waals surface area contributed by atoms with Crippen LogP contribution in [0.2, 0.25) is 0 Å². The molecule has 0 bridgehead atoms. The molecule has 2 N–H and O–H groups in total. The van der Waals surface area contributed by atoms with Gasteiger partial charge in [-0.2, -0.15) is 0 Å². The molecule has 5 nitrogen and oxygen atoms in total. The number of benzene rings is 2. The topological polar surface area (TPSA) is 54.2 Å². The maximum atomic E-state index is 6.99. The van der Waals surface area contributed by atoms with Crippen molar-refractivity contribution in [2.24, 2.45) is 0 Å². The number of aryl methyl sites for hydroxylation is 3. The van der Waals surface area contributed by atoms with Crippen LogP contribution >= 0.6 is 0 Å². The molecule has 0 fully saturated rings. The van der Waals surface area contributed by atoms with E-state index < -0.39 is 0 Å². The summed E-state index contributed by atoms with van der Waals surface area (Å²) in [5.41, 5.74) is 5.99. The van der Waals surface area contributed by atoms with Crippen molar-refractivity contribution in [3.63, 3.8) is 0 Å². The van der Waals surface area contributed by atoms with Crippen molar-refractivity contribution in [1.29, 1.82) is 0 Å². The molecule has 0 saturated heterocycles. The van der Waals surface area contributed by atoms with Gasteiger partial charge in [0.1, 0.15) is 0 Å². The summed E-state index contributed by atoms with van der Waals surface area (Å²) in [5.74, 6) is 1.07. The largest absolute Gasteiger partial charge is 0.408 e. The molecule has 0 spiro atoms. The summed E-state index contributed by atoms with van der Waals surface area (Å²) in [7, 11) is 0. The molecule has 26 heavy (non-hydrogen) atoms. The van der Waals surface area contributed by atoms with Gasteiger partial charge in [0, 0.05) is 44.1 Å². The van der Waals surface area contributed by atoms with E-state index >= 15 is 0 Å². The predicted molar refractivity (Wildman–Crippen MR) is 101 cm³/mol. The molecule has 0 atom stereocenters. The monoisotopic (exact) mass is 417 g/mol. The molecule has 0 saturated carbocycles. The maximum Gasteiger partial charge on any atom is 0.223 e. The van der Waals surface area contributed by atoms with E-state index in [0.717, 1.165) is 22.5 Å². The van der Waals surface area contributed by atoms with Crippen LogP contribution in [-0.2, 0) is 32.7 Å².